The highest BCUT2D eigenvalue weighted by Crippen LogP contribution is 2.19. The average molecular weight is 453 g/mol. The molecule has 0 unspecified atom stereocenters. The van der Waals surface area contributed by atoms with Crippen molar-refractivity contribution in [1.29, 1.82) is 0 Å². The summed E-state index contributed by atoms with van der Waals surface area (Å²) in [5.41, 5.74) is 2.35. The smallest absolute Gasteiger partial charge is 0.311 e. The van der Waals surface area contributed by atoms with Crippen molar-refractivity contribution in [2.45, 2.75) is 117 Å². The first kappa shape index (κ1) is 27.0. The van der Waals surface area contributed by atoms with Crippen molar-refractivity contribution in [3.63, 3.8) is 0 Å². The number of aromatic nitrogens is 2. The molecule has 0 amide bonds. The van der Waals surface area contributed by atoms with E-state index in [1.807, 2.05) is 0 Å². The third-order valence-electron chi connectivity index (χ3n) is 6.13. The SMILES string of the molecule is CCCCCCCCCCc1ccc(-c2ncc(OC(=O)CCCCCCCC)cn2)cc1. The zero-order chi connectivity index (χ0) is 23.6. The Kier molecular flexibility index (Phi) is 14.1. The number of hydrogen-bond donors (Lipinski definition) is 0. The van der Waals surface area contributed by atoms with Crippen LogP contribution < -0.4 is 4.74 Å². The fourth-order valence-corrected chi connectivity index (χ4v) is 4.03. The van der Waals surface area contributed by atoms with Crippen molar-refractivity contribution >= 4 is 5.97 Å². The Morgan fingerprint density at radius 2 is 1.21 bits per heavy atom. The van der Waals surface area contributed by atoms with Gasteiger partial charge in [-0.1, -0.05) is 115 Å². The molecule has 4 nitrogen and oxygen atoms in total. The summed E-state index contributed by atoms with van der Waals surface area (Å²) in [6.45, 7) is 4.47. The summed E-state index contributed by atoms with van der Waals surface area (Å²) < 4.78 is 5.38. The van der Waals surface area contributed by atoms with Crippen LogP contribution >= 0.6 is 0 Å². The van der Waals surface area contributed by atoms with Gasteiger partial charge in [0.15, 0.2) is 11.6 Å². The number of carbonyl (C=O) groups excluding carboxylic acids is 1. The first-order valence-corrected chi connectivity index (χ1v) is 13.3. The van der Waals surface area contributed by atoms with Crippen LogP contribution in [0.15, 0.2) is 36.7 Å². The van der Waals surface area contributed by atoms with Gasteiger partial charge in [0.25, 0.3) is 0 Å². The van der Waals surface area contributed by atoms with Crippen LogP contribution in [0.25, 0.3) is 11.4 Å². The van der Waals surface area contributed by atoms with Crippen LogP contribution in [0, 0.1) is 0 Å². The third-order valence-corrected chi connectivity index (χ3v) is 6.13. The van der Waals surface area contributed by atoms with E-state index in [1.54, 1.807) is 12.4 Å². The third kappa shape index (κ3) is 12.0. The lowest BCUT2D eigenvalue weighted by atomic mass is 10.0. The fourth-order valence-electron chi connectivity index (χ4n) is 4.03. The highest BCUT2D eigenvalue weighted by Gasteiger charge is 2.07. The molecular weight excluding hydrogens is 408 g/mol. The molecule has 0 saturated heterocycles. The second-order valence-corrected chi connectivity index (χ2v) is 9.16. The topological polar surface area (TPSA) is 52.1 Å². The van der Waals surface area contributed by atoms with E-state index in [0.29, 0.717) is 18.0 Å². The van der Waals surface area contributed by atoms with Gasteiger partial charge >= 0.3 is 5.97 Å². The molecule has 0 aliphatic heterocycles. The van der Waals surface area contributed by atoms with Crippen molar-refractivity contribution in [2.75, 3.05) is 0 Å². The van der Waals surface area contributed by atoms with Crippen LogP contribution in [0.1, 0.15) is 116 Å². The van der Waals surface area contributed by atoms with Gasteiger partial charge in [-0.25, -0.2) is 9.97 Å². The van der Waals surface area contributed by atoms with Gasteiger partial charge in [-0.15, -0.1) is 0 Å². The average Bonchev–Trinajstić information content (AvgIpc) is 2.84. The van der Waals surface area contributed by atoms with Crippen molar-refractivity contribution in [1.82, 2.24) is 9.97 Å². The molecule has 0 atom stereocenters. The molecule has 4 heteroatoms. The second-order valence-electron chi connectivity index (χ2n) is 9.16. The Hall–Kier alpha value is -2.23. The number of nitrogens with zero attached hydrogens (tertiary/aromatic N) is 2. The molecule has 1 aromatic carbocycles. The standard InChI is InChI=1S/C29H44N2O2/c1-3-5-7-9-11-12-13-15-17-25-19-21-26(22-20-25)29-30-23-27(24-31-29)33-28(32)18-16-14-10-8-6-4-2/h19-24H,3-18H2,1-2H3. The molecule has 0 fully saturated rings. The quantitative estimate of drug-likeness (QED) is 0.168. The van der Waals surface area contributed by atoms with Gasteiger partial charge in [0.2, 0.25) is 0 Å². The maximum Gasteiger partial charge on any atom is 0.311 e. The van der Waals surface area contributed by atoms with Gasteiger partial charge in [0.1, 0.15) is 0 Å². The van der Waals surface area contributed by atoms with E-state index in [4.69, 9.17) is 4.74 Å². The highest BCUT2D eigenvalue weighted by atomic mass is 16.5. The molecule has 1 aromatic heterocycles. The molecule has 2 aromatic rings. The minimum absolute atomic E-state index is 0.202. The molecule has 182 valence electrons. The fraction of sp³-hybridized carbons (Fsp3) is 0.621. The lowest BCUT2D eigenvalue weighted by Crippen LogP contribution is -2.08. The predicted octanol–water partition coefficient (Wildman–Crippen LogP) is 8.48. The van der Waals surface area contributed by atoms with Gasteiger partial charge in [0.05, 0.1) is 12.4 Å². The number of hydrogen-bond acceptors (Lipinski definition) is 4. The van der Waals surface area contributed by atoms with Crippen LogP contribution in [0.4, 0.5) is 0 Å². The summed E-state index contributed by atoms with van der Waals surface area (Å²) in [7, 11) is 0. The first-order valence-electron chi connectivity index (χ1n) is 13.3. The normalized spacial score (nSPS) is 11.0. The Labute approximate surface area is 201 Å². The van der Waals surface area contributed by atoms with Crippen LogP contribution in [-0.2, 0) is 11.2 Å². The molecule has 0 aliphatic rings. The number of ether oxygens (including phenoxy) is 1. The minimum Gasteiger partial charge on any atom is -0.423 e. The van der Waals surface area contributed by atoms with E-state index in [-0.39, 0.29) is 5.97 Å². The molecule has 0 spiro atoms. The predicted molar refractivity (Wildman–Crippen MR) is 137 cm³/mol. The van der Waals surface area contributed by atoms with Crippen LogP contribution in [0.2, 0.25) is 0 Å². The van der Waals surface area contributed by atoms with E-state index in [2.05, 4.69) is 48.1 Å². The number of rotatable bonds is 18. The summed E-state index contributed by atoms with van der Waals surface area (Å²) >= 11 is 0. The van der Waals surface area contributed by atoms with Gasteiger partial charge in [-0.05, 0) is 24.8 Å². The van der Waals surface area contributed by atoms with Gasteiger partial charge in [0, 0.05) is 12.0 Å². The van der Waals surface area contributed by atoms with E-state index >= 15 is 0 Å². The minimum atomic E-state index is -0.202. The van der Waals surface area contributed by atoms with Crippen molar-refractivity contribution in [3.05, 3.63) is 42.2 Å². The Morgan fingerprint density at radius 3 is 1.79 bits per heavy atom. The molecular formula is C29H44N2O2. The molecule has 2 rings (SSSR count). The maximum absolute atomic E-state index is 12.0. The highest BCUT2D eigenvalue weighted by molar-refractivity contribution is 5.72. The summed E-state index contributed by atoms with van der Waals surface area (Å²) in [5.74, 6) is 0.873. The molecule has 0 saturated carbocycles. The summed E-state index contributed by atoms with van der Waals surface area (Å²) in [5, 5.41) is 0. The van der Waals surface area contributed by atoms with Crippen LogP contribution in [-0.4, -0.2) is 15.9 Å². The monoisotopic (exact) mass is 452 g/mol. The van der Waals surface area contributed by atoms with Crippen LogP contribution in [0.3, 0.4) is 0 Å². The Bertz CT molecular complexity index is 756. The van der Waals surface area contributed by atoms with Gasteiger partial charge in [-0.2, -0.15) is 0 Å². The zero-order valence-corrected chi connectivity index (χ0v) is 21.0. The lowest BCUT2D eigenvalue weighted by molar-refractivity contribution is -0.134. The van der Waals surface area contributed by atoms with E-state index in [1.165, 1.54) is 82.6 Å². The summed E-state index contributed by atoms with van der Waals surface area (Å²) in [6.07, 6.45) is 22.5. The summed E-state index contributed by atoms with van der Waals surface area (Å²) in [6, 6.07) is 8.52. The molecule has 33 heavy (non-hydrogen) atoms. The lowest BCUT2D eigenvalue weighted by Gasteiger charge is -2.06. The Balaban J connectivity index is 1.66. The number of aryl methyl sites for hydroxylation is 1. The molecule has 0 N–H and O–H groups in total. The van der Waals surface area contributed by atoms with Crippen LogP contribution in [0.5, 0.6) is 5.75 Å². The first-order chi connectivity index (χ1) is 16.2. The molecule has 1 heterocycles. The summed E-state index contributed by atoms with van der Waals surface area (Å²) in [4.78, 5) is 20.8. The molecule has 0 radical (unpaired) electrons. The zero-order valence-electron chi connectivity index (χ0n) is 21.0. The molecule has 0 bridgehead atoms. The van der Waals surface area contributed by atoms with Gasteiger partial charge in [-0.3, -0.25) is 4.79 Å². The maximum atomic E-state index is 12.0. The number of unbranched alkanes of at least 4 members (excludes halogenated alkanes) is 12. The largest absolute Gasteiger partial charge is 0.423 e. The van der Waals surface area contributed by atoms with E-state index in [9.17, 15) is 4.79 Å². The number of carbonyl (C=O) groups is 1. The van der Waals surface area contributed by atoms with Gasteiger partial charge < -0.3 is 4.74 Å². The van der Waals surface area contributed by atoms with E-state index < -0.39 is 0 Å². The van der Waals surface area contributed by atoms with Crippen molar-refractivity contribution in [2.24, 2.45) is 0 Å². The second kappa shape index (κ2) is 17.3. The van der Waals surface area contributed by atoms with E-state index in [0.717, 1.165) is 24.8 Å². The number of esters is 1. The Morgan fingerprint density at radius 1 is 0.697 bits per heavy atom. The molecule has 0 aliphatic carbocycles. The van der Waals surface area contributed by atoms with Crippen molar-refractivity contribution < 1.29 is 9.53 Å². The number of benzene rings is 1. The van der Waals surface area contributed by atoms with Crippen molar-refractivity contribution in [3.8, 4) is 17.1 Å².